The maximum atomic E-state index is 11.2. The first kappa shape index (κ1) is 11.0. The second kappa shape index (κ2) is 4.46. The number of rotatable bonds is 3. The number of phenols is 1. The number of ether oxygens (including phenoxy) is 1. The highest BCUT2D eigenvalue weighted by molar-refractivity contribution is 5.91. The van der Waals surface area contributed by atoms with Gasteiger partial charge < -0.3 is 9.84 Å². The lowest BCUT2D eigenvalue weighted by molar-refractivity contribution is -0.132. The summed E-state index contributed by atoms with van der Waals surface area (Å²) >= 11 is 0. The molecular weight excluding hydrogens is 192 g/mol. The molecule has 0 amide bonds. The molecule has 3 nitrogen and oxygen atoms in total. The van der Waals surface area contributed by atoms with Crippen molar-refractivity contribution in [2.45, 2.75) is 6.92 Å². The van der Waals surface area contributed by atoms with E-state index in [2.05, 4.69) is 13.2 Å². The summed E-state index contributed by atoms with van der Waals surface area (Å²) in [6, 6.07) is 6.50. The molecule has 0 aliphatic rings. The molecule has 0 bridgehead atoms. The van der Waals surface area contributed by atoms with E-state index in [4.69, 9.17) is 4.74 Å². The number of hydrogen-bond donors (Lipinski definition) is 1. The third-order valence-corrected chi connectivity index (χ3v) is 1.77. The third-order valence-electron chi connectivity index (χ3n) is 1.77. The number of aromatic hydroxyl groups is 1. The second-order valence-electron chi connectivity index (χ2n) is 3.11. The highest BCUT2D eigenvalue weighted by atomic mass is 16.5. The molecule has 0 radical (unpaired) electrons. The van der Waals surface area contributed by atoms with Crippen LogP contribution in [-0.4, -0.2) is 11.1 Å². The number of hydrogen-bond acceptors (Lipinski definition) is 3. The first-order valence-corrected chi connectivity index (χ1v) is 4.37. The van der Waals surface area contributed by atoms with Crippen LogP contribution in [0.4, 0.5) is 0 Å². The molecule has 1 N–H and O–H groups in total. The van der Waals surface area contributed by atoms with Crippen molar-refractivity contribution in [2.24, 2.45) is 0 Å². The fraction of sp³-hybridized carbons (Fsp3) is 0.0833. The van der Waals surface area contributed by atoms with Gasteiger partial charge in [-0.2, -0.15) is 0 Å². The molecule has 1 aromatic rings. The molecule has 0 fully saturated rings. The van der Waals surface area contributed by atoms with E-state index in [9.17, 15) is 9.90 Å². The van der Waals surface area contributed by atoms with Gasteiger partial charge in [-0.3, -0.25) is 0 Å². The predicted octanol–water partition coefficient (Wildman–Crippen LogP) is 2.48. The van der Waals surface area contributed by atoms with Gasteiger partial charge in [0, 0.05) is 5.57 Å². The highest BCUT2D eigenvalue weighted by Gasteiger charge is 2.10. The highest BCUT2D eigenvalue weighted by Crippen LogP contribution is 2.24. The number of carbonyl (C=O) groups excluding carboxylic acids is 1. The number of para-hydroxylation sites is 1. The molecule has 0 spiro atoms. The lowest BCUT2D eigenvalue weighted by Gasteiger charge is -2.08. The van der Waals surface area contributed by atoms with Crippen LogP contribution in [0.1, 0.15) is 12.5 Å². The van der Waals surface area contributed by atoms with Crippen LogP contribution in [0.15, 0.2) is 43.0 Å². The molecular formula is C12H12O3. The van der Waals surface area contributed by atoms with Crippen molar-refractivity contribution < 1.29 is 14.6 Å². The van der Waals surface area contributed by atoms with Gasteiger partial charge in [-0.25, -0.2) is 4.79 Å². The molecule has 1 aromatic carbocycles. The summed E-state index contributed by atoms with van der Waals surface area (Å²) in [7, 11) is 0. The molecule has 0 aliphatic heterocycles. The molecule has 0 saturated heterocycles. The Morgan fingerprint density at radius 1 is 1.33 bits per heavy atom. The zero-order valence-corrected chi connectivity index (χ0v) is 8.49. The SMILES string of the molecule is C=C(C)C(=O)OC(=C)c1ccccc1O. The third kappa shape index (κ3) is 2.71. The Morgan fingerprint density at radius 2 is 1.93 bits per heavy atom. The molecule has 78 valence electrons. The first-order valence-electron chi connectivity index (χ1n) is 4.37. The lowest BCUT2D eigenvalue weighted by Crippen LogP contribution is -2.03. The molecule has 0 unspecified atom stereocenters. The molecule has 0 aromatic heterocycles. The van der Waals surface area contributed by atoms with Gasteiger partial charge in [0.2, 0.25) is 0 Å². The van der Waals surface area contributed by atoms with Crippen molar-refractivity contribution in [2.75, 3.05) is 0 Å². The predicted molar refractivity (Wildman–Crippen MR) is 58.0 cm³/mol. The molecule has 1 rings (SSSR count). The van der Waals surface area contributed by atoms with Gasteiger partial charge in [0.1, 0.15) is 11.5 Å². The Hall–Kier alpha value is -2.03. The second-order valence-corrected chi connectivity index (χ2v) is 3.11. The largest absolute Gasteiger partial charge is 0.507 e. The number of carbonyl (C=O) groups is 1. The van der Waals surface area contributed by atoms with Gasteiger partial charge in [0.25, 0.3) is 0 Å². The average molecular weight is 204 g/mol. The van der Waals surface area contributed by atoms with Gasteiger partial charge in [-0.1, -0.05) is 25.3 Å². The summed E-state index contributed by atoms with van der Waals surface area (Å²) in [6.45, 7) is 8.55. The van der Waals surface area contributed by atoms with E-state index in [1.54, 1.807) is 25.1 Å². The normalized spacial score (nSPS) is 9.40. The Balaban J connectivity index is 2.83. The van der Waals surface area contributed by atoms with E-state index in [0.717, 1.165) is 0 Å². The topological polar surface area (TPSA) is 46.5 Å². The molecule has 0 atom stereocenters. The number of phenolic OH excluding ortho intramolecular Hbond substituents is 1. The smallest absolute Gasteiger partial charge is 0.338 e. The fourth-order valence-electron chi connectivity index (χ4n) is 0.963. The van der Waals surface area contributed by atoms with E-state index in [0.29, 0.717) is 5.56 Å². The van der Waals surface area contributed by atoms with Crippen LogP contribution < -0.4 is 0 Å². The van der Waals surface area contributed by atoms with Crippen LogP contribution in [0.5, 0.6) is 5.75 Å². The van der Waals surface area contributed by atoms with Crippen LogP contribution >= 0.6 is 0 Å². The van der Waals surface area contributed by atoms with Gasteiger partial charge in [0.05, 0.1) is 5.56 Å². The minimum Gasteiger partial charge on any atom is -0.507 e. The van der Waals surface area contributed by atoms with E-state index < -0.39 is 5.97 Å². The van der Waals surface area contributed by atoms with Gasteiger partial charge >= 0.3 is 5.97 Å². The molecule has 15 heavy (non-hydrogen) atoms. The summed E-state index contributed by atoms with van der Waals surface area (Å²) in [6.07, 6.45) is 0. The van der Waals surface area contributed by atoms with Crippen molar-refractivity contribution in [3.05, 3.63) is 48.6 Å². The zero-order chi connectivity index (χ0) is 11.4. The van der Waals surface area contributed by atoms with Crippen LogP contribution in [0, 0.1) is 0 Å². The van der Waals surface area contributed by atoms with Crippen LogP contribution in [0.2, 0.25) is 0 Å². The van der Waals surface area contributed by atoms with E-state index in [1.165, 1.54) is 6.07 Å². The van der Waals surface area contributed by atoms with Crippen molar-refractivity contribution in [1.82, 2.24) is 0 Å². The lowest BCUT2D eigenvalue weighted by atomic mass is 10.2. The summed E-state index contributed by atoms with van der Waals surface area (Å²) in [5.41, 5.74) is 0.679. The zero-order valence-electron chi connectivity index (χ0n) is 8.49. The summed E-state index contributed by atoms with van der Waals surface area (Å²) < 4.78 is 4.89. The minimum atomic E-state index is -0.553. The summed E-state index contributed by atoms with van der Waals surface area (Å²) in [5, 5.41) is 9.46. The summed E-state index contributed by atoms with van der Waals surface area (Å²) in [4.78, 5) is 11.2. The quantitative estimate of drug-likeness (QED) is 0.467. The van der Waals surface area contributed by atoms with Crippen molar-refractivity contribution >= 4 is 11.7 Å². The molecule has 0 heterocycles. The molecule has 0 aliphatic carbocycles. The van der Waals surface area contributed by atoms with Gasteiger partial charge in [0.15, 0.2) is 0 Å². The van der Waals surface area contributed by atoms with Crippen LogP contribution in [0.25, 0.3) is 5.76 Å². The number of esters is 1. The van der Waals surface area contributed by atoms with Crippen molar-refractivity contribution in [1.29, 1.82) is 0 Å². The van der Waals surface area contributed by atoms with E-state index in [-0.39, 0.29) is 17.1 Å². The maximum Gasteiger partial charge on any atom is 0.338 e. The Morgan fingerprint density at radius 3 is 2.47 bits per heavy atom. The number of benzene rings is 1. The Kier molecular flexibility index (Phi) is 3.29. The Labute approximate surface area is 88.3 Å². The summed E-state index contributed by atoms with van der Waals surface area (Å²) in [5.74, 6) is -0.415. The van der Waals surface area contributed by atoms with Crippen LogP contribution in [0.3, 0.4) is 0 Å². The van der Waals surface area contributed by atoms with E-state index >= 15 is 0 Å². The molecule has 3 heteroatoms. The van der Waals surface area contributed by atoms with Gasteiger partial charge in [-0.15, -0.1) is 0 Å². The minimum absolute atomic E-state index is 0.0250. The molecule has 0 saturated carbocycles. The standard InChI is InChI=1S/C12H12O3/c1-8(2)12(14)15-9(3)10-6-4-5-7-11(10)13/h4-7,13H,1,3H2,2H3. The maximum absolute atomic E-state index is 11.2. The Bertz CT molecular complexity index is 419. The van der Waals surface area contributed by atoms with E-state index in [1.807, 2.05) is 0 Å². The first-order chi connectivity index (χ1) is 7.02. The van der Waals surface area contributed by atoms with Gasteiger partial charge in [-0.05, 0) is 19.1 Å². The fourth-order valence-corrected chi connectivity index (χ4v) is 0.963. The monoisotopic (exact) mass is 204 g/mol. The average Bonchev–Trinajstić information content (AvgIpc) is 2.18. The van der Waals surface area contributed by atoms with Crippen LogP contribution in [-0.2, 0) is 9.53 Å². The van der Waals surface area contributed by atoms with Crippen molar-refractivity contribution in [3.63, 3.8) is 0 Å². The van der Waals surface area contributed by atoms with Crippen molar-refractivity contribution in [3.8, 4) is 5.75 Å².